The monoisotopic (exact) mass is 517 g/mol. The number of hydrogen-bond donors (Lipinski definition) is 0. The average Bonchev–Trinajstić information content (AvgIpc) is 3.07. The summed E-state index contributed by atoms with van der Waals surface area (Å²) in [6.07, 6.45) is 1.81. The highest BCUT2D eigenvalue weighted by Gasteiger charge is 2.52. The Morgan fingerprint density at radius 3 is 2.43 bits per heavy atom. The zero-order valence-corrected chi connectivity index (χ0v) is 20.2. The zero-order chi connectivity index (χ0) is 25.4. The Bertz CT molecular complexity index is 1250. The number of carbonyl (C=O) groups excluding carboxylic acids is 4. The molecule has 1 heterocycles. The molecule has 9 nitrogen and oxygen atoms in total. The van der Waals surface area contributed by atoms with E-state index in [0.717, 1.165) is 22.5 Å². The van der Waals surface area contributed by atoms with Gasteiger partial charge in [-0.15, -0.1) is 0 Å². The number of amides is 3. The van der Waals surface area contributed by atoms with Crippen molar-refractivity contribution < 1.29 is 24.1 Å². The van der Waals surface area contributed by atoms with Crippen LogP contribution < -0.4 is 0 Å². The van der Waals surface area contributed by atoms with Crippen molar-refractivity contribution in [3.8, 4) is 0 Å². The summed E-state index contributed by atoms with van der Waals surface area (Å²) < 4.78 is 0. The van der Waals surface area contributed by atoms with Gasteiger partial charge in [0.2, 0.25) is 0 Å². The van der Waals surface area contributed by atoms with E-state index in [1.807, 2.05) is 6.92 Å². The van der Waals surface area contributed by atoms with Crippen molar-refractivity contribution in [3.05, 3.63) is 73.8 Å². The summed E-state index contributed by atoms with van der Waals surface area (Å²) in [5.74, 6) is -3.42. The SMILES string of the molecule is C[C@@H]1CC[C@H]2C(=O)N(N(CC(=O)c3cccc([N+](=O)[O-])c3)C(=O)c3ccc(Cl)c(Cl)c3)C(=O)[C@@H]2C1. The minimum atomic E-state index is -0.796. The van der Waals surface area contributed by atoms with Crippen LogP contribution in [0.25, 0.3) is 0 Å². The molecule has 1 aliphatic carbocycles. The molecule has 35 heavy (non-hydrogen) atoms. The molecule has 1 saturated carbocycles. The van der Waals surface area contributed by atoms with Crippen LogP contribution >= 0.6 is 23.2 Å². The number of imide groups is 1. The number of ketones is 1. The number of benzene rings is 2. The molecule has 3 amide bonds. The minimum absolute atomic E-state index is 0.0232. The number of halogens is 2. The van der Waals surface area contributed by atoms with Crippen LogP contribution in [0.2, 0.25) is 10.0 Å². The van der Waals surface area contributed by atoms with E-state index in [4.69, 9.17) is 23.2 Å². The van der Waals surface area contributed by atoms with E-state index in [-0.39, 0.29) is 32.8 Å². The van der Waals surface area contributed by atoms with Crippen molar-refractivity contribution in [1.82, 2.24) is 10.0 Å². The smallest absolute Gasteiger partial charge is 0.273 e. The Morgan fingerprint density at radius 2 is 1.74 bits per heavy atom. The zero-order valence-electron chi connectivity index (χ0n) is 18.6. The summed E-state index contributed by atoms with van der Waals surface area (Å²) >= 11 is 12.0. The largest absolute Gasteiger partial charge is 0.292 e. The second-order valence-electron chi connectivity index (χ2n) is 8.84. The highest BCUT2D eigenvalue weighted by atomic mass is 35.5. The molecule has 2 aromatic rings. The summed E-state index contributed by atoms with van der Waals surface area (Å²) in [5, 5.41) is 13.0. The highest BCUT2D eigenvalue weighted by molar-refractivity contribution is 6.42. The molecule has 0 unspecified atom stereocenters. The van der Waals surface area contributed by atoms with Crippen molar-refractivity contribution in [2.45, 2.75) is 26.2 Å². The van der Waals surface area contributed by atoms with Crippen molar-refractivity contribution in [1.29, 1.82) is 0 Å². The third kappa shape index (κ3) is 4.78. The van der Waals surface area contributed by atoms with E-state index < -0.39 is 46.8 Å². The molecule has 2 aromatic carbocycles. The molecule has 3 atom stereocenters. The lowest BCUT2D eigenvalue weighted by molar-refractivity contribution is -0.384. The van der Waals surface area contributed by atoms with E-state index in [0.29, 0.717) is 12.8 Å². The first-order chi connectivity index (χ1) is 16.6. The number of carbonyl (C=O) groups is 4. The fourth-order valence-corrected chi connectivity index (χ4v) is 4.94. The van der Waals surface area contributed by atoms with E-state index in [1.54, 1.807) is 0 Å². The number of nitro groups is 1. The molecule has 182 valence electrons. The Morgan fingerprint density at radius 1 is 1.03 bits per heavy atom. The standard InChI is InChI=1S/C24H21Cl2N3O6/c1-13-5-7-17-18(9-13)24(33)28(23(17)32)27(22(31)15-6-8-19(25)20(26)11-15)12-21(30)14-3-2-4-16(10-14)29(34)35/h2-4,6,8,10-11,13,17-18H,5,7,9,12H2,1H3/t13-,17-,18-/m1/s1. The van der Waals surface area contributed by atoms with Gasteiger partial charge in [-0.2, -0.15) is 5.01 Å². The van der Waals surface area contributed by atoms with Gasteiger partial charge in [-0.3, -0.25) is 29.3 Å². The summed E-state index contributed by atoms with van der Waals surface area (Å²) in [6, 6.07) is 9.09. The first-order valence-corrected chi connectivity index (χ1v) is 11.8. The first-order valence-electron chi connectivity index (χ1n) is 11.0. The lowest BCUT2D eigenvalue weighted by Crippen LogP contribution is -2.52. The second-order valence-corrected chi connectivity index (χ2v) is 9.66. The normalized spacial score (nSPS) is 21.6. The average molecular weight is 518 g/mol. The second kappa shape index (κ2) is 9.75. The van der Waals surface area contributed by atoms with Crippen LogP contribution in [0, 0.1) is 27.9 Å². The predicted molar refractivity (Wildman–Crippen MR) is 127 cm³/mol. The fourth-order valence-electron chi connectivity index (χ4n) is 4.64. The van der Waals surface area contributed by atoms with Gasteiger partial charge in [-0.25, -0.2) is 5.01 Å². The summed E-state index contributed by atoms with van der Waals surface area (Å²) in [7, 11) is 0. The van der Waals surface area contributed by atoms with Crippen LogP contribution in [0.15, 0.2) is 42.5 Å². The molecule has 1 aliphatic heterocycles. The Labute approximate surface area is 210 Å². The highest BCUT2D eigenvalue weighted by Crippen LogP contribution is 2.41. The molecule has 2 aliphatic rings. The lowest BCUT2D eigenvalue weighted by atomic mass is 9.76. The molecule has 0 radical (unpaired) electrons. The van der Waals surface area contributed by atoms with Crippen LogP contribution in [0.5, 0.6) is 0 Å². The van der Waals surface area contributed by atoms with Gasteiger partial charge in [0.25, 0.3) is 23.4 Å². The van der Waals surface area contributed by atoms with Gasteiger partial charge >= 0.3 is 0 Å². The van der Waals surface area contributed by atoms with Gasteiger partial charge in [0.1, 0.15) is 6.54 Å². The third-order valence-electron chi connectivity index (χ3n) is 6.48. The molecular formula is C24H21Cl2N3O6. The molecule has 4 rings (SSSR count). The van der Waals surface area contributed by atoms with Gasteiger partial charge < -0.3 is 0 Å². The number of fused-ring (bicyclic) bond motifs is 1. The van der Waals surface area contributed by atoms with Crippen LogP contribution in [0.3, 0.4) is 0 Å². The number of hydrazine groups is 1. The quantitative estimate of drug-likeness (QED) is 0.240. The van der Waals surface area contributed by atoms with Crippen LogP contribution in [-0.4, -0.2) is 45.0 Å². The van der Waals surface area contributed by atoms with Crippen LogP contribution in [0.4, 0.5) is 5.69 Å². The third-order valence-corrected chi connectivity index (χ3v) is 7.22. The van der Waals surface area contributed by atoms with E-state index in [9.17, 15) is 29.3 Å². The molecule has 11 heteroatoms. The molecule has 2 fully saturated rings. The lowest BCUT2D eigenvalue weighted by Gasteiger charge is -2.30. The molecule has 0 N–H and O–H groups in total. The maximum Gasteiger partial charge on any atom is 0.273 e. The predicted octanol–water partition coefficient (Wildman–Crippen LogP) is 4.56. The van der Waals surface area contributed by atoms with Gasteiger partial charge in [-0.05, 0) is 43.4 Å². The van der Waals surface area contributed by atoms with Crippen LogP contribution in [0.1, 0.15) is 46.9 Å². The number of hydrogen-bond acceptors (Lipinski definition) is 6. The van der Waals surface area contributed by atoms with Gasteiger partial charge in [-0.1, -0.05) is 42.3 Å². The van der Waals surface area contributed by atoms with Crippen molar-refractivity contribution in [2.24, 2.45) is 17.8 Å². The van der Waals surface area contributed by atoms with Gasteiger partial charge in [0.05, 0.1) is 26.8 Å². The summed E-state index contributed by atoms with van der Waals surface area (Å²) in [4.78, 5) is 63.7. The van der Waals surface area contributed by atoms with Crippen molar-refractivity contribution in [3.63, 3.8) is 0 Å². The first kappa shape index (κ1) is 24.8. The molecular weight excluding hydrogens is 497 g/mol. The van der Waals surface area contributed by atoms with Crippen molar-refractivity contribution in [2.75, 3.05) is 6.54 Å². The van der Waals surface area contributed by atoms with E-state index >= 15 is 0 Å². The number of Topliss-reactive ketones (excluding diaryl/α,β-unsaturated/α-hetero) is 1. The maximum atomic E-state index is 13.5. The van der Waals surface area contributed by atoms with E-state index in [2.05, 4.69) is 0 Å². The van der Waals surface area contributed by atoms with Gasteiger partial charge in [0.15, 0.2) is 5.78 Å². The number of nitrogens with zero attached hydrogens (tertiary/aromatic N) is 3. The molecule has 1 saturated heterocycles. The maximum absolute atomic E-state index is 13.5. The minimum Gasteiger partial charge on any atom is -0.292 e. The Hall–Kier alpha value is -3.30. The molecule has 0 bridgehead atoms. The molecule has 0 aromatic heterocycles. The number of non-ortho nitro benzene ring substituents is 1. The summed E-state index contributed by atoms with van der Waals surface area (Å²) in [5.41, 5.74) is -0.308. The van der Waals surface area contributed by atoms with Crippen molar-refractivity contribution >= 4 is 52.4 Å². The summed E-state index contributed by atoms with van der Waals surface area (Å²) in [6.45, 7) is 1.33. The fraction of sp³-hybridized carbons (Fsp3) is 0.333. The Kier molecular flexibility index (Phi) is 6.91. The molecule has 0 spiro atoms. The number of rotatable bonds is 6. The Balaban J connectivity index is 1.71. The number of nitro benzene ring substituents is 1. The van der Waals surface area contributed by atoms with Crippen LogP contribution in [-0.2, 0) is 9.59 Å². The topological polar surface area (TPSA) is 118 Å². The van der Waals surface area contributed by atoms with Gasteiger partial charge in [0, 0.05) is 23.3 Å². The van der Waals surface area contributed by atoms with E-state index in [1.165, 1.54) is 36.4 Å².